The van der Waals surface area contributed by atoms with Crippen molar-refractivity contribution in [3.8, 4) is 0 Å². The number of nitrogens with two attached hydrogens (primary N) is 2. The Bertz CT molecular complexity index is 1910. The molecule has 7 N–H and O–H groups in total. The lowest BCUT2D eigenvalue weighted by Crippen LogP contribution is -2.54. The van der Waals surface area contributed by atoms with Gasteiger partial charge in [0.05, 0.1) is 22.1 Å². The van der Waals surface area contributed by atoms with Gasteiger partial charge in [-0.15, -0.1) is 0 Å². The number of primary amides is 1. The molecule has 1 atom stereocenters. The van der Waals surface area contributed by atoms with Crippen molar-refractivity contribution in [1.82, 2.24) is 29.7 Å². The second-order valence-corrected chi connectivity index (χ2v) is 10.0. The molecule has 17 nitrogen and oxygen atoms in total. The Balaban J connectivity index is 1.27. The summed E-state index contributed by atoms with van der Waals surface area (Å²) in [6.45, 7) is 1.16. The van der Waals surface area contributed by atoms with E-state index in [-0.39, 0.29) is 66.0 Å². The van der Waals surface area contributed by atoms with Gasteiger partial charge >= 0.3 is 5.69 Å². The second kappa shape index (κ2) is 11.4. The zero-order valence-electron chi connectivity index (χ0n) is 23.3. The molecular formula is C27H27N9O8. The van der Waals surface area contributed by atoms with Crippen molar-refractivity contribution >= 4 is 58.0 Å². The highest BCUT2D eigenvalue weighted by Gasteiger charge is 2.45. The van der Waals surface area contributed by atoms with Crippen molar-refractivity contribution < 1.29 is 28.8 Å². The van der Waals surface area contributed by atoms with Crippen molar-refractivity contribution in [2.75, 3.05) is 24.1 Å². The lowest BCUT2D eigenvalue weighted by molar-refractivity contribution is -0.136. The maximum atomic E-state index is 13.2. The minimum absolute atomic E-state index is 0.00426. The number of piperidine rings is 1. The highest BCUT2D eigenvalue weighted by molar-refractivity contribution is 6.25. The molecule has 0 aliphatic carbocycles. The van der Waals surface area contributed by atoms with Gasteiger partial charge < -0.3 is 22.1 Å². The van der Waals surface area contributed by atoms with E-state index in [9.17, 15) is 38.4 Å². The number of aromatic nitrogens is 3. The Morgan fingerprint density at radius 3 is 2.50 bits per heavy atom. The number of benzene rings is 1. The normalized spacial score (nSPS) is 16.2. The van der Waals surface area contributed by atoms with Crippen LogP contribution in [-0.2, 0) is 27.5 Å². The Hall–Kier alpha value is -5.87. The van der Waals surface area contributed by atoms with Gasteiger partial charge in [0.15, 0.2) is 5.65 Å². The lowest BCUT2D eigenvalue weighted by Gasteiger charge is -2.27. The summed E-state index contributed by atoms with van der Waals surface area (Å²) < 4.78 is 1.84. The molecule has 1 fully saturated rings. The van der Waals surface area contributed by atoms with Gasteiger partial charge in [0.2, 0.25) is 17.7 Å². The van der Waals surface area contributed by atoms with Crippen LogP contribution in [0.4, 0.5) is 11.5 Å². The minimum atomic E-state index is -1.11. The molecule has 6 amide bonds. The second-order valence-electron chi connectivity index (χ2n) is 10.0. The Labute approximate surface area is 247 Å². The van der Waals surface area contributed by atoms with Gasteiger partial charge in [-0.05, 0) is 31.5 Å². The molecule has 0 spiro atoms. The number of hydrogen-bond donors (Lipinski definition) is 5. The number of nitrogens with one attached hydrogen (secondary N) is 3. The molecule has 3 aromatic rings. The van der Waals surface area contributed by atoms with E-state index in [1.807, 2.05) is 0 Å². The van der Waals surface area contributed by atoms with Gasteiger partial charge in [-0.3, -0.25) is 52.9 Å². The van der Waals surface area contributed by atoms with Crippen molar-refractivity contribution in [2.45, 2.75) is 38.9 Å². The topological polar surface area (TPSA) is 251 Å². The maximum Gasteiger partial charge on any atom is 0.333 e. The fourth-order valence-corrected chi connectivity index (χ4v) is 5.23. The third kappa shape index (κ3) is 5.03. The van der Waals surface area contributed by atoms with Crippen LogP contribution in [0.1, 0.15) is 50.8 Å². The average Bonchev–Trinajstić information content (AvgIpc) is 3.23. The molecule has 1 aromatic carbocycles. The van der Waals surface area contributed by atoms with E-state index in [0.717, 1.165) is 15.5 Å². The summed E-state index contributed by atoms with van der Waals surface area (Å²) in [6.07, 6.45) is 0.0115. The zero-order valence-corrected chi connectivity index (χ0v) is 23.3. The number of rotatable bonds is 9. The molecule has 1 saturated heterocycles. The van der Waals surface area contributed by atoms with E-state index in [4.69, 9.17) is 11.5 Å². The molecule has 2 aliphatic rings. The van der Waals surface area contributed by atoms with Gasteiger partial charge in [0, 0.05) is 31.7 Å². The van der Waals surface area contributed by atoms with Crippen molar-refractivity contribution in [2.24, 2.45) is 5.73 Å². The number of nitrogen functional groups attached to an aromatic ring is 1. The van der Waals surface area contributed by atoms with Crippen LogP contribution in [0, 0.1) is 0 Å². The minimum Gasteiger partial charge on any atom is -0.383 e. The molecule has 0 saturated carbocycles. The van der Waals surface area contributed by atoms with Gasteiger partial charge in [-0.1, -0.05) is 6.07 Å². The molecule has 0 bridgehead atoms. The van der Waals surface area contributed by atoms with Gasteiger partial charge in [0.25, 0.3) is 23.3 Å². The van der Waals surface area contributed by atoms with Gasteiger partial charge in [-0.25, -0.2) is 9.78 Å². The Morgan fingerprint density at radius 2 is 1.82 bits per heavy atom. The maximum absolute atomic E-state index is 13.2. The fraction of sp³-hybridized carbons (Fsp3) is 0.296. The first-order chi connectivity index (χ1) is 20.9. The fourth-order valence-electron chi connectivity index (χ4n) is 5.23. The van der Waals surface area contributed by atoms with Crippen LogP contribution in [0.25, 0.3) is 11.0 Å². The number of hydrogen-bond acceptors (Lipinski definition) is 11. The molecule has 228 valence electrons. The van der Waals surface area contributed by atoms with Gasteiger partial charge in [-0.2, -0.15) is 0 Å². The van der Waals surface area contributed by atoms with Crippen LogP contribution >= 0.6 is 0 Å². The Morgan fingerprint density at radius 1 is 1.07 bits per heavy atom. The summed E-state index contributed by atoms with van der Waals surface area (Å²) >= 11 is 0. The van der Waals surface area contributed by atoms with E-state index in [2.05, 4.69) is 20.9 Å². The van der Waals surface area contributed by atoms with Crippen molar-refractivity contribution in [1.29, 1.82) is 0 Å². The van der Waals surface area contributed by atoms with E-state index in [0.29, 0.717) is 10.3 Å². The van der Waals surface area contributed by atoms with E-state index in [1.54, 1.807) is 19.1 Å². The smallest absolute Gasteiger partial charge is 0.333 e. The molecule has 2 aliphatic heterocycles. The van der Waals surface area contributed by atoms with E-state index < -0.39 is 59.3 Å². The largest absolute Gasteiger partial charge is 0.383 e. The summed E-state index contributed by atoms with van der Waals surface area (Å²) in [5, 5.41) is 7.57. The summed E-state index contributed by atoms with van der Waals surface area (Å²) in [4.78, 5) is 105. The van der Waals surface area contributed by atoms with Gasteiger partial charge in [0.1, 0.15) is 18.4 Å². The summed E-state index contributed by atoms with van der Waals surface area (Å²) in [7, 11) is 0. The highest BCUT2D eigenvalue weighted by atomic mass is 16.2. The number of aryl methyl sites for hydroxylation is 1. The predicted molar refractivity (Wildman–Crippen MR) is 153 cm³/mol. The number of pyridine rings is 1. The molecule has 5 rings (SSSR count). The SMILES string of the molecule is CCn1c(=O)n(CC(=O)NCCNc2cccc3c2C(=O)N(C2CCC(=O)NC2=O)C3=O)c(=O)c2cc(C(N)=O)c(N)nc21. The molecule has 44 heavy (non-hydrogen) atoms. The van der Waals surface area contributed by atoms with Crippen molar-refractivity contribution in [3.05, 3.63) is 61.8 Å². The molecule has 2 aromatic heterocycles. The molecule has 1 unspecified atom stereocenters. The van der Waals surface area contributed by atoms with Crippen LogP contribution in [-0.4, -0.2) is 73.6 Å². The first-order valence-corrected chi connectivity index (χ1v) is 13.5. The van der Waals surface area contributed by atoms with Crippen LogP contribution in [0.15, 0.2) is 33.9 Å². The monoisotopic (exact) mass is 605 g/mol. The molecule has 17 heteroatoms. The van der Waals surface area contributed by atoms with Crippen molar-refractivity contribution in [3.63, 3.8) is 0 Å². The standard InChI is InChI=1S/C27H27N9O8/c1-2-34-22-14(10-13(21(29)39)20(28)33-22)24(41)35(27(34)44)11-18(38)31-9-8-30-15-5-3-4-12-19(15)26(43)36(25(12)42)16-6-7-17(37)32-23(16)40/h3-5,10,16,30H,2,6-9,11H2,1H3,(H2,28,33)(H2,29,39)(H,31,38)(H,32,37,40). The number of carbonyl (C=O) groups is 6. The quantitative estimate of drug-likeness (QED) is 0.130. The third-order valence-corrected chi connectivity index (χ3v) is 7.34. The zero-order chi connectivity index (χ0) is 31.9. The number of nitrogens with zero attached hydrogens (tertiary/aromatic N) is 4. The van der Waals surface area contributed by atoms with Crippen LogP contribution in [0.5, 0.6) is 0 Å². The average molecular weight is 606 g/mol. The third-order valence-electron chi connectivity index (χ3n) is 7.34. The number of carbonyl (C=O) groups excluding carboxylic acids is 6. The first kappa shape index (κ1) is 29.6. The number of imide groups is 2. The predicted octanol–water partition coefficient (Wildman–Crippen LogP) is -2.11. The Kier molecular flexibility index (Phi) is 7.69. The van der Waals surface area contributed by atoms with Crippen LogP contribution in [0.3, 0.4) is 0 Å². The highest BCUT2D eigenvalue weighted by Crippen LogP contribution is 2.32. The number of fused-ring (bicyclic) bond motifs is 2. The summed E-state index contributed by atoms with van der Waals surface area (Å²) in [5.41, 5.74) is 9.59. The summed E-state index contributed by atoms with van der Waals surface area (Å²) in [6, 6.07) is 4.59. The molecule has 0 radical (unpaired) electrons. The van der Waals surface area contributed by atoms with E-state index in [1.165, 1.54) is 6.07 Å². The first-order valence-electron chi connectivity index (χ1n) is 13.5. The van der Waals surface area contributed by atoms with Crippen LogP contribution < -0.4 is 38.7 Å². The van der Waals surface area contributed by atoms with Crippen LogP contribution in [0.2, 0.25) is 0 Å². The summed E-state index contributed by atoms with van der Waals surface area (Å²) in [5.74, 6) is -4.39. The molecular weight excluding hydrogens is 578 g/mol. The number of amides is 6. The number of anilines is 2. The lowest BCUT2D eigenvalue weighted by atomic mass is 10.0. The molecule has 4 heterocycles. The van der Waals surface area contributed by atoms with E-state index >= 15 is 0 Å².